The van der Waals surface area contributed by atoms with E-state index in [9.17, 15) is 17.6 Å². The number of hydrogen-bond donors (Lipinski definition) is 1. The molecule has 0 amide bonds. The molecule has 0 saturated heterocycles. The summed E-state index contributed by atoms with van der Waals surface area (Å²) in [4.78, 5) is 0. The summed E-state index contributed by atoms with van der Waals surface area (Å²) < 4.78 is 53.9. The Labute approximate surface area is 121 Å². The first-order valence-electron chi connectivity index (χ1n) is 5.73. The van der Waals surface area contributed by atoms with Crippen LogP contribution >= 0.6 is 15.9 Å². The van der Waals surface area contributed by atoms with Gasteiger partial charge in [0.25, 0.3) is 0 Å². The zero-order valence-corrected chi connectivity index (χ0v) is 11.7. The Balaban J connectivity index is 2.33. The molecular formula is C14H10BrF4N. The smallest absolute Gasteiger partial charge is 0.145 e. The van der Waals surface area contributed by atoms with Gasteiger partial charge in [0.1, 0.15) is 23.3 Å². The highest BCUT2D eigenvalue weighted by Gasteiger charge is 2.20. The molecule has 0 heterocycles. The quantitative estimate of drug-likeness (QED) is 0.651. The second-order valence-corrected chi connectivity index (χ2v) is 5.16. The van der Waals surface area contributed by atoms with E-state index in [1.54, 1.807) is 0 Å². The SMILES string of the molecule is NC(Cc1ccc(F)cc1F)c1c(F)ccc(Br)c1F. The normalized spacial score (nSPS) is 12.5. The zero-order valence-electron chi connectivity index (χ0n) is 10.1. The highest BCUT2D eigenvalue weighted by Crippen LogP contribution is 2.28. The van der Waals surface area contributed by atoms with Gasteiger partial charge in [-0.1, -0.05) is 6.07 Å². The first kappa shape index (κ1) is 15.0. The molecule has 0 aliphatic rings. The molecule has 0 fully saturated rings. The summed E-state index contributed by atoms with van der Waals surface area (Å²) in [7, 11) is 0. The molecule has 106 valence electrons. The van der Waals surface area contributed by atoms with Crippen LogP contribution < -0.4 is 5.73 Å². The Morgan fingerprint density at radius 1 is 1.00 bits per heavy atom. The maximum Gasteiger partial charge on any atom is 0.145 e. The first-order valence-corrected chi connectivity index (χ1v) is 6.52. The molecule has 0 radical (unpaired) electrons. The predicted molar refractivity (Wildman–Crippen MR) is 71.0 cm³/mol. The number of nitrogens with two attached hydrogens (primary N) is 1. The monoisotopic (exact) mass is 347 g/mol. The Kier molecular flexibility index (Phi) is 4.45. The van der Waals surface area contributed by atoms with E-state index in [0.717, 1.165) is 12.1 Å². The van der Waals surface area contributed by atoms with Gasteiger partial charge in [-0.2, -0.15) is 0 Å². The fourth-order valence-corrected chi connectivity index (χ4v) is 2.25. The molecule has 2 aromatic rings. The average Bonchev–Trinajstić information content (AvgIpc) is 2.38. The minimum atomic E-state index is -1.08. The van der Waals surface area contributed by atoms with Crippen molar-refractivity contribution < 1.29 is 17.6 Å². The van der Waals surface area contributed by atoms with Crippen LogP contribution in [0.3, 0.4) is 0 Å². The van der Waals surface area contributed by atoms with Crippen molar-refractivity contribution in [2.75, 3.05) is 0 Å². The molecule has 0 bridgehead atoms. The highest BCUT2D eigenvalue weighted by molar-refractivity contribution is 9.10. The number of hydrogen-bond acceptors (Lipinski definition) is 1. The standard InChI is InChI=1S/C14H10BrF4N/c15-9-3-4-10(17)13(14(9)19)12(20)5-7-1-2-8(16)6-11(7)18/h1-4,6,12H,5,20H2. The van der Waals surface area contributed by atoms with E-state index >= 15 is 0 Å². The van der Waals surface area contributed by atoms with Crippen molar-refractivity contribution in [3.63, 3.8) is 0 Å². The Morgan fingerprint density at radius 3 is 2.35 bits per heavy atom. The zero-order chi connectivity index (χ0) is 14.9. The lowest BCUT2D eigenvalue weighted by molar-refractivity contribution is 0.512. The van der Waals surface area contributed by atoms with Crippen molar-refractivity contribution in [3.8, 4) is 0 Å². The van der Waals surface area contributed by atoms with Gasteiger partial charge >= 0.3 is 0 Å². The predicted octanol–water partition coefficient (Wildman–Crippen LogP) is 4.25. The van der Waals surface area contributed by atoms with Gasteiger partial charge in [-0.15, -0.1) is 0 Å². The van der Waals surface area contributed by atoms with Gasteiger partial charge in [0.05, 0.1) is 4.47 Å². The summed E-state index contributed by atoms with van der Waals surface area (Å²) in [6, 6.07) is 4.20. The molecule has 1 nitrogen and oxygen atoms in total. The van der Waals surface area contributed by atoms with Gasteiger partial charge in [-0.25, -0.2) is 17.6 Å². The number of benzene rings is 2. The van der Waals surface area contributed by atoms with Crippen molar-refractivity contribution in [1.29, 1.82) is 0 Å². The summed E-state index contributed by atoms with van der Waals surface area (Å²) in [5, 5.41) is 0. The lowest BCUT2D eigenvalue weighted by atomic mass is 9.98. The maximum absolute atomic E-state index is 13.9. The van der Waals surface area contributed by atoms with Crippen LogP contribution in [0, 0.1) is 23.3 Å². The summed E-state index contributed by atoms with van der Waals surface area (Å²) in [5.41, 5.74) is 5.51. The molecule has 0 saturated carbocycles. The second-order valence-electron chi connectivity index (χ2n) is 4.30. The molecule has 0 spiro atoms. The van der Waals surface area contributed by atoms with E-state index in [2.05, 4.69) is 15.9 Å². The van der Waals surface area contributed by atoms with Crippen LogP contribution in [-0.2, 0) is 6.42 Å². The molecule has 2 rings (SSSR count). The van der Waals surface area contributed by atoms with Crippen LogP contribution in [0.1, 0.15) is 17.2 Å². The average molecular weight is 348 g/mol. The van der Waals surface area contributed by atoms with E-state index < -0.39 is 29.3 Å². The topological polar surface area (TPSA) is 26.0 Å². The van der Waals surface area contributed by atoms with Gasteiger partial charge in [-0.05, 0) is 46.1 Å². The summed E-state index contributed by atoms with van der Waals surface area (Å²) in [6.45, 7) is 0. The van der Waals surface area contributed by atoms with Crippen molar-refractivity contribution in [2.45, 2.75) is 12.5 Å². The van der Waals surface area contributed by atoms with Crippen LogP contribution in [0.5, 0.6) is 0 Å². The Bertz CT molecular complexity index is 645. The van der Waals surface area contributed by atoms with Crippen LogP contribution in [0.4, 0.5) is 17.6 Å². The fourth-order valence-electron chi connectivity index (χ4n) is 1.91. The lowest BCUT2D eigenvalue weighted by Gasteiger charge is -2.15. The maximum atomic E-state index is 13.9. The summed E-state index contributed by atoms with van der Waals surface area (Å²) >= 11 is 2.94. The third kappa shape index (κ3) is 3.02. The van der Waals surface area contributed by atoms with Crippen LogP contribution in [0.2, 0.25) is 0 Å². The molecule has 1 atom stereocenters. The number of rotatable bonds is 3. The van der Waals surface area contributed by atoms with Gasteiger partial charge in [0, 0.05) is 17.7 Å². The minimum Gasteiger partial charge on any atom is -0.323 e. The minimum absolute atomic E-state index is 0.0731. The molecule has 0 aromatic heterocycles. The summed E-state index contributed by atoms with van der Waals surface area (Å²) in [5.74, 6) is -3.14. The molecule has 0 aliphatic carbocycles. The lowest BCUT2D eigenvalue weighted by Crippen LogP contribution is -2.18. The van der Waals surface area contributed by atoms with E-state index in [4.69, 9.17) is 5.73 Å². The molecular weight excluding hydrogens is 338 g/mol. The van der Waals surface area contributed by atoms with Gasteiger partial charge < -0.3 is 5.73 Å². The largest absolute Gasteiger partial charge is 0.323 e. The van der Waals surface area contributed by atoms with E-state index in [1.165, 1.54) is 12.1 Å². The van der Waals surface area contributed by atoms with E-state index in [0.29, 0.717) is 6.07 Å². The number of halogens is 5. The highest BCUT2D eigenvalue weighted by atomic mass is 79.9. The van der Waals surface area contributed by atoms with E-state index in [1.807, 2.05) is 0 Å². The van der Waals surface area contributed by atoms with Crippen LogP contribution in [0.25, 0.3) is 0 Å². The molecule has 2 N–H and O–H groups in total. The van der Waals surface area contributed by atoms with Crippen molar-refractivity contribution in [2.24, 2.45) is 5.73 Å². The van der Waals surface area contributed by atoms with Crippen molar-refractivity contribution in [1.82, 2.24) is 0 Å². The van der Waals surface area contributed by atoms with Gasteiger partial charge in [0.15, 0.2) is 0 Å². The third-order valence-electron chi connectivity index (χ3n) is 2.91. The molecule has 2 aromatic carbocycles. The molecule has 1 unspecified atom stereocenters. The van der Waals surface area contributed by atoms with Crippen LogP contribution in [-0.4, -0.2) is 0 Å². The van der Waals surface area contributed by atoms with Crippen molar-refractivity contribution >= 4 is 15.9 Å². The fraction of sp³-hybridized carbons (Fsp3) is 0.143. The van der Waals surface area contributed by atoms with Crippen molar-refractivity contribution in [3.05, 3.63) is 69.2 Å². The summed E-state index contributed by atoms with van der Waals surface area (Å²) in [6.07, 6.45) is -0.142. The second kappa shape index (κ2) is 5.93. The molecule has 20 heavy (non-hydrogen) atoms. The Hall–Kier alpha value is -1.40. The Morgan fingerprint density at radius 2 is 1.70 bits per heavy atom. The first-order chi connectivity index (χ1) is 9.40. The third-order valence-corrected chi connectivity index (χ3v) is 3.52. The molecule has 6 heteroatoms. The van der Waals surface area contributed by atoms with Gasteiger partial charge in [-0.3, -0.25) is 0 Å². The van der Waals surface area contributed by atoms with Crippen LogP contribution in [0.15, 0.2) is 34.8 Å². The van der Waals surface area contributed by atoms with Gasteiger partial charge in [0.2, 0.25) is 0 Å². The molecule has 0 aliphatic heterocycles. The van der Waals surface area contributed by atoms with E-state index in [-0.39, 0.29) is 22.0 Å².